The molecule has 0 fully saturated rings. The summed E-state index contributed by atoms with van der Waals surface area (Å²) < 4.78 is 7.75. The predicted octanol–water partition coefficient (Wildman–Crippen LogP) is 5.96. The first-order chi connectivity index (χ1) is 19.2. The van der Waals surface area contributed by atoms with Gasteiger partial charge in [-0.2, -0.15) is 0 Å². The third-order valence-electron chi connectivity index (χ3n) is 6.88. The van der Waals surface area contributed by atoms with Crippen molar-refractivity contribution < 1.29 is 9.53 Å². The molecular formula is C33H32N2O3S2. The van der Waals surface area contributed by atoms with Gasteiger partial charge < -0.3 is 4.74 Å². The van der Waals surface area contributed by atoms with E-state index in [1.165, 1.54) is 16.9 Å². The van der Waals surface area contributed by atoms with Gasteiger partial charge in [-0.05, 0) is 53.5 Å². The van der Waals surface area contributed by atoms with Crippen LogP contribution < -0.4 is 14.9 Å². The number of thioether (sulfide) groups is 1. The van der Waals surface area contributed by atoms with E-state index in [9.17, 15) is 9.59 Å². The summed E-state index contributed by atoms with van der Waals surface area (Å²) >= 11 is 2.98. The van der Waals surface area contributed by atoms with Gasteiger partial charge >= 0.3 is 5.97 Å². The summed E-state index contributed by atoms with van der Waals surface area (Å²) in [4.78, 5) is 34.1. The molecule has 0 radical (unpaired) electrons. The van der Waals surface area contributed by atoms with Crippen LogP contribution in [0.5, 0.6) is 0 Å². The number of esters is 1. The Labute approximate surface area is 242 Å². The second kappa shape index (κ2) is 11.4. The molecule has 5 rings (SSSR count). The third kappa shape index (κ3) is 5.49. The molecule has 3 aromatic carbocycles. The summed E-state index contributed by atoms with van der Waals surface area (Å²) in [5.74, 6) is -0.476. The minimum absolute atomic E-state index is 0.0427. The Bertz CT molecular complexity index is 1740. The molecule has 0 N–H and O–H groups in total. The van der Waals surface area contributed by atoms with Crippen molar-refractivity contribution in [1.82, 2.24) is 4.57 Å². The van der Waals surface area contributed by atoms with Crippen molar-refractivity contribution >= 4 is 40.8 Å². The molecule has 4 aromatic rings. The molecule has 1 aliphatic heterocycles. The number of rotatable bonds is 6. The van der Waals surface area contributed by atoms with Crippen molar-refractivity contribution in [3.8, 4) is 0 Å². The highest BCUT2D eigenvalue weighted by Crippen LogP contribution is 2.35. The average molecular weight is 569 g/mol. The lowest BCUT2D eigenvalue weighted by molar-refractivity contribution is -0.138. The summed E-state index contributed by atoms with van der Waals surface area (Å²) in [6, 6.07) is 25.2. The summed E-state index contributed by atoms with van der Waals surface area (Å²) in [6.45, 7) is 8.53. The number of hydrogen-bond donors (Lipinski definition) is 0. The number of thiazole rings is 1. The molecule has 2 heterocycles. The molecular weight excluding hydrogens is 537 g/mol. The number of carbonyl (C=O) groups excluding carboxylic acids is 1. The highest BCUT2D eigenvalue weighted by Gasteiger charge is 2.35. The van der Waals surface area contributed by atoms with Crippen molar-refractivity contribution in [2.45, 2.75) is 44.0 Å². The normalized spacial score (nSPS) is 15.5. The highest BCUT2D eigenvalue weighted by molar-refractivity contribution is 7.98. The first-order valence-corrected chi connectivity index (χ1v) is 15.3. The Morgan fingerprint density at radius 1 is 1.02 bits per heavy atom. The molecule has 7 heteroatoms. The smallest absolute Gasteiger partial charge is 0.338 e. The molecule has 1 aromatic heterocycles. The molecule has 0 saturated carbocycles. The zero-order valence-corrected chi connectivity index (χ0v) is 24.9. The highest BCUT2D eigenvalue weighted by atomic mass is 32.2. The third-order valence-corrected chi connectivity index (χ3v) is 8.61. The first-order valence-electron chi connectivity index (χ1n) is 13.2. The minimum Gasteiger partial charge on any atom is -0.463 e. The van der Waals surface area contributed by atoms with Gasteiger partial charge in [0.15, 0.2) is 4.80 Å². The topological polar surface area (TPSA) is 60.7 Å². The van der Waals surface area contributed by atoms with Crippen molar-refractivity contribution in [3.05, 3.63) is 126 Å². The Morgan fingerprint density at radius 2 is 1.70 bits per heavy atom. The van der Waals surface area contributed by atoms with Crippen LogP contribution >= 0.6 is 23.1 Å². The minimum atomic E-state index is -0.674. The van der Waals surface area contributed by atoms with Crippen molar-refractivity contribution in [3.63, 3.8) is 0 Å². The van der Waals surface area contributed by atoms with E-state index in [2.05, 4.69) is 32.9 Å². The Balaban J connectivity index is 1.76. The molecule has 0 spiro atoms. The Morgan fingerprint density at radius 3 is 2.30 bits per heavy atom. The number of benzene rings is 3. The van der Waals surface area contributed by atoms with Gasteiger partial charge in [0, 0.05) is 10.5 Å². The maximum atomic E-state index is 14.0. The zero-order valence-electron chi connectivity index (χ0n) is 23.3. The number of hydrogen-bond acceptors (Lipinski definition) is 6. The van der Waals surface area contributed by atoms with E-state index < -0.39 is 12.0 Å². The van der Waals surface area contributed by atoms with Crippen molar-refractivity contribution in [2.24, 2.45) is 4.99 Å². The molecule has 0 saturated heterocycles. The van der Waals surface area contributed by atoms with E-state index in [4.69, 9.17) is 9.73 Å². The summed E-state index contributed by atoms with van der Waals surface area (Å²) in [5, 5.41) is 0. The van der Waals surface area contributed by atoms with E-state index >= 15 is 0 Å². The predicted molar refractivity (Wildman–Crippen MR) is 164 cm³/mol. The van der Waals surface area contributed by atoms with Crippen LogP contribution in [0.3, 0.4) is 0 Å². The monoisotopic (exact) mass is 568 g/mol. The van der Waals surface area contributed by atoms with E-state index in [0.29, 0.717) is 20.6 Å². The van der Waals surface area contributed by atoms with Crippen LogP contribution in [-0.4, -0.2) is 23.4 Å². The van der Waals surface area contributed by atoms with Gasteiger partial charge in [0.25, 0.3) is 5.56 Å². The van der Waals surface area contributed by atoms with Crippen LogP contribution in [-0.2, 0) is 14.9 Å². The Hall–Kier alpha value is -3.68. The van der Waals surface area contributed by atoms with E-state index in [1.54, 1.807) is 23.3 Å². The summed E-state index contributed by atoms with van der Waals surface area (Å²) in [5.41, 5.74) is 4.54. The number of fused-ring (bicyclic) bond motifs is 1. The maximum absolute atomic E-state index is 14.0. The van der Waals surface area contributed by atoms with Gasteiger partial charge in [0.1, 0.15) is 0 Å². The summed E-state index contributed by atoms with van der Waals surface area (Å²) in [7, 11) is 0. The fraction of sp³-hybridized carbons (Fsp3) is 0.242. The number of nitrogens with zero attached hydrogens (tertiary/aromatic N) is 2. The van der Waals surface area contributed by atoms with Crippen LogP contribution in [0.1, 0.15) is 56.0 Å². The number of ether oxygens (including phenoxy) is 1. The van der Waals surface area contributed by atoms with Gasteiger partial charge in [-0.1, -0.05) is 98.8 Å². The van der Waals surface area contributed by atoms with Crippen LogP contribution in [0.25, 0.3) is 11.8 Å². The molecule has 0 aliphatic carbocycles. The quantitative estimate of drug-likeness (QED) is 0.213. The van der Waals surface area contributed by atoms with Gasteiger partial charge in [-0.25, -0.2) is 9.79 Å². The fourth-order valence-corrected chi connectivity index (χ4v) is 6.18. The molecule has 5 nitrogen and oxygen atoms in total. The SMILES string of the molecule is CCOC(=O)C1=C(c2ccccc2)N=c2s/c(=C\c3ccc(C(C)(C)C)cc3)c(=O)n2[C@H]1c1ccc(SC)cc1. The molecule has 40 heavy (non-hydrogen) atoms. The van der Waals surface area contributed by atoms with Gasteiger partial charge in [-0.15, -0.1) is 11.8 Å². The van der Waals surface area contributed by atoms with Crippen LogP contribution in [0, 0.1) is 0 Å². The number of aromatic nitrogens is 1. The largest absolute Gasteiger partial charge is 0.463 e. The van der Waals surface area contributed by atoms with Crippen LogP contribution in [0.4, 0.5) is 0 Å². The second-order valence-corrected chi connectivity index (χ2v) is 12.5. The van der Waals surface area contributed by atoms with Crippen LogP contribution in [0.15, 0.2) is 99.1 Å². The molecule has 0 amide bonds. The second-order valence-electron chi connectivity index (χ2n) is 10.6. The molecule has 0 unspecified atom stereocenters. The average Bonchev–Trinajstić information content (AvgIpc) is 3.26. The van der Waals surface area contributed by atoms with E-state index in [-0.39, 0.29) is 17.6 Å². The van der Waals surface area contributed by atoms with Gasteiger partial charge in [0.2, 0.25) is 0 Å². The fourth-order valence-electron chi connectivity index (χ4n) is 4.77. The maximum Gasteiger partial charge on any atom is 0.338 e. The lowest BCUT2D eigenvalue weighted by Crippen LogP contribution is -2.40. The zero-order chi connectivity index (χ0) is 28.4. The molecule has 204 valence electrons. The van der Waals surface area contributed by atoms with Crippen LogP contribution in [0.2, 0.25) is 0 Å². The Kier molecular flexibility index (Phi) is 7.97. The standard InChI is InChI=1S/C33H32N2O3S2/c1-6-38-31(37)27-28(22-10-8-7-9-11-22)34-32-35(29(27)23-14-18-25(39-5)19-15-23)30(36)26(40-32)20-21-12-16-24(17-13-21)33(2,3)4/h7-20,29H,6H2,1-5H3/b26-20-/t29-/m0/s1. The summed E-state index contributed by atoms with van der Waals surface area (Å²) in [6.07, 6.45) is 3.92. The van der Waals surface area contributed by atoms with Crippen molar-refractivity contribution in [2.75, 3.05) is 12.9 Å². The molecule has 1 atom stereocenters. The van der Waals surface area contributed by atoms with E-state index in [1.807, 2.05) is 79.1 Å². The molecule has 0 bridgehead atoms. The van der Waals surface area contributed by atoms with Gasteiger partial charge in [-0.3, -0.25) is 9.36 Å². The van der Waals surface area contributed by atoms with E-state index in [0.717, 1.165) is 21.6 Å². The van der Waals surface area contributed by atoms with Crippen molar-refractivity contribution in [1.29, 1.82) is 0 Å². The molecule has 1 aliphatic rings. The lowest BCUT2D eigenvalue weighted by atomic mass is 9.87. The first kappa shape index (κ1) is 27.9. The number of carbonyl (C=O) groups is 1. The van der Waals surface area contributed by atoms with Gasteiger partial charge in [0.05, 0.1) is 28.5 Å². The lowest BCUT2D eigenvalue weighted by Gasteiger charge is -2.26.